The highest BCUT2D eigenvalue weighted by atomic mass is 16.3. The fourth-order valence-electron chi connectivity index (χ4n) is 9.53. The van der Waals surface area contributed by atoms with Gasteiger partial charge in [0, 0.05) is 10.8 Å². The van der Waals surface area contributed by atoms with Crippen LogP contribution in [0.1, 0.15) is 52.7 Å². The summed E-state index contributed by atoms with van der Waals surface area (Å²) >= 11 is 0. The topological polar surface area (TPSA) is 13.1 Å². The van der Waals surface area contributed by atoms with E-state index < -0.39 is 0 Å². The third-order valence-electron chi connectivity index (χ3n) is 12.0. The Kier molecular flexibility index (Phi) is 6.00. The summed E-state index contributed by atoms with van der Waals surface area (Å²) in [4.78, 5) is 0. The zero-order valence-electron chi connectivity index (χ0n) is 31.1. The molecule has 0 N–H and O–H groups in total. The van der Waals surface area contributed by atoms with Crippen molar-refractivity contribution in [2.24, 2.45) is 0 Å². The van der Waals surface area contributed by atoms with Crippen LogP contribution >= 0.6 is 0 Å². The normalized spacial score (nSPS) is 13.1. The molecule has 1 nitrogen and oxygen atoms in total. The van der Waals surface area contributed by atoms with Crippen LogP contribution in [0.3, 0.4) is 0 Å². The Morgan fingerprint density at radius 1 is 0.321 bits per heavy atom. The summed E-state index contributed by atoms with van der Waals surface area (Å²) in [7, 11) is 0. The van der Waals surface area contributed by atoms with Crippen molar-refractivity contribution in [2.75, 3.05) is 0 Å². The molecule has 0 saturated carbocycles. The number of hydrogen-bond acceptors (Lipinski definition) is 1. The maximum absolute atomic E-state index is 6.48. The van der Waals surface area contributed by atoms with Crippen LogP contribution in [0.4, 0.5) is 0 Å². The van der Waals surface area contributed by atoms with E-state index in [0.717, 1.165) is 21.9 Å². The van der Waals surface area contributed by atoms with E-state index in [-0.39, 0.29) is 10.8 Å². The van der Waals surface area contributed by atoms with Crippen molar-refractivity contribution in [3.63, 3.8) is 0 Å². The standard InChI is InChI=1S/C52H40O/c1-51(2,3)43-23-13-31-9-19-37-35(17-7-29-11-21-39(43)49(31)47(29)37)33-15-25-45-41(27-33)42-28-34(16-26-46(42)53-45)36-18-8-30-12-22-40-44(52(4,5)6)24-14-32-10-20-38(36)48(30)50(32)40/h7-28H,1-6H3. The fourth-order valence-corrected chi connectivity index (χ4v) is 9.53. The number of fused-ring (bicyclic) bond motifs is 3. The molecule has 1 aromatic heterocycles. The molecule has 0 bridgehead atoms. The first-order valence-electron chi connectivity index (χ1n) is 18.9. The molecule has 0 amide bonds. The van der Waals surface area contributed by atoms with Crippen molar-refractivity contribution >= 4 is 86.6 Å². The van der Waals surface area contributed by atoms with E-state index in [4.69, 9.17) is 4.42 Å². The second-order valence-corrected chi connectivity index (χ2v) is 17.3. The predicted molar refractivity (Wildman–Crippen MR) is 229 cm³/mol. The van der Waals surface area contributed by atoms with E-state index >= 15 is 0 Å². The van der Waals surface area contributed by atoms with Gasteiger partial charge in [-0.05, 0) is 133 Å². The van der Waals surface area contributed by atoms with Gasteiger partial charge in [0.25, 0.3) is 0 Å². The third-order valence-corrected chi connectivity index (χ3v) is 12.0. The van der Waals surface area contributed by atoms with Crippen LogP contribution in [-0.2, 0) is 10.8 Å². The first-order chi connectivity index (χ1) is 25.5. The van der Waals surface area contributed by atoms with Crippen LogP contribution in [-0.4, -0.2) is 0 Å². The first kappa shape index (κ1) is 30.7. The Morgan fingerprint density at radius 2 is 0.660 bits per heavy atom. The first-order valence-corrected chi connectivity index (χ1v) is 18.9. The van der Waals surface area contributed by atoms with Gasteiger partial charge in [0.15, 0.2) is 0 Å². The van der Waals surface area contributed by atoms with Crippen LogP contribution in [0, 0.1) is 0 Å². The summed E-state index contributed by atoms with van der Waals surface area (Å²) < 4.78 is 6.48. The summed E-state index contributed by atoms with van der Waals surface area (Å²) in [5, 5.41) is 18.2. The molecule has 11 rings (SSSR count). The number of hydrogen-bond donors (Lipinski definition) is 0. The molecule has 1 heteroatoms. The van der Waals surface area contributed by atoms with Gasteiger partial charge in [-0.2, -0.15) is 0 Å². The maximum Gasteiger partial charge on any atom is 0.135 e. The molecule has 0 aliphatic rings. The van der Waals surface area contributed by atoms with Gasteiger partial charge in [-0.1, -0.05) is 151 Å². The Morgan fingerprint density at radius 3 is 1.06 bits per heavy atom. The second-order valence-electron chi connectivity index (χ2n) is 17.3. The van der Waals surface area contributed by atoms with Crippen molar-refractivity contribution in [1.82, 2.24) is 0 Å². The van der Waals surface area contributed by atoms with Crippen LogP contribution in [0.15, 0.2) is 138 Å². The zero-order chi connectivity index (χ0) is 36.0. The largest absolute Gasteiger partial charge is 0.456 e. The minimum absolute atomic E-state index is 0.0603. The minimum atomic E-state index is 0.0603. The quantitative estimate of drug-likeness (QED) is 0.166. The van der Waals surface area contributed by atoms with Crippen LogP contribution in [0.25, 0.3) is 109 Å². The molecule has 1 heterocycles. The average molecular weight is 681 g/mol. The molecule has 0 aliphatic heterocycles. The van der Waals surface area contributed by atoms with E-state index in [0.29, 0.717) is 0 Å². The Balaban J connectivity index is 1.11. The van der Waals surface area contributed by atoms with Gasteiger partial charge in [0.1, 0.15) is 11.2 Å². The lowest BCUT2D eigenvalue weighted by Crippen LogP contribution is -2.11. The maximum atomic E-state index is 6.48. The van der Waals surface area contributed by atoms with Crippen molar-refractivity contribution in [3.8, 4) is 22.3 Å². The van der Waals surface area contributed by atoms with E-state index in [1.54, 1.807) is 0 Å². The molecule has 0 radical (unpaired) electrons. The SMILES string of the molecule is CC(C)(C)c1ccc2ccc3c(-c4ccc5oc6ccc(-c7ccc8ccc9c(C(C)(C)C)ccc%10ccc7c8c%109)cc6c5c4)ccc4ccc1c2c43. The summed E-state index contributed by atoms with van der Waals surface area (Å²) in [6.45, 7) is 13.9. The molecular weight excluding hydrogens is 641 g/mol. The molecule has 10 aromatic carbocycles. The van der Waals surface area contributed by atoms with Gasteiger partial charge in [-0.15, -0.1) is 0 Å². The molecule has 0 unspecified atom stereocenters. The lowest BCUT2D eigenvalue weighted by Gasteiger charge is -2.23. The number of rotatable bonds is 2. The van der Waals surface area contributed by atoms with E-state index in [1.165, 1.54) is 98.0 Å². The van der Waals surface area contributed by atoms with Crippen LogP contribution in [0.5, 0.6) is 0 Å². The highest BCUT2D eigenvalue weighted by Crippen LogP contribution is 2.45. The van der Waals surface area contributed by atoms with E-state index in [1.807, 2.05) is 0 Å². The smallest absolute Gasteiger partial charge is 0.135 e. The van der Waals surface area contributed by atoms with Crippen LogP contribution in [0.2, 0.25) is 0 Å². The van der Waals surface area contributed by atoms with Gasteiger partial charge in [0.05, 0.1) is 0 Å². The van der Waals surface area contributed by atoms with Crippen molar-refractivity contribution in [2.45, 2.75) is 52.4 Å². The van der Waals surface area contributed by atoms with Crippen molar-refractivity contribution in [3.05, 3.63) is 145 Å². The Labute approximate surface area is 309 Å². The van der Waals surface area contributed by atoms with Gasteiger partial charge < -0.3 is 4.42 Å². The van der Waals surface area contributed by atoms with Crippen molar-refractivity contribution < 1.29 is 4.42 Å². The van der Waals surface area contributed by atoms with E-state index in [9.17, 15) is 0 Å². The molecule has 0 spiro atoms. The second kappa shape index (κ2) is 10.4. The molecule has 53 heavy (non-hydrogen) atoms. The van der Waals surface area contributed by atoms with Gasteiger partial charge in [-0.3, -0.25) is 0 Å². The highest BCUT2D eigenvalue weighted by Gasteiger charge is 2.22. The summed E-state index contributed by atoms with van der Waals surface area (Å²) in [6, 6.07) is 50.4. The van der Waals surface area contributed by atoms with E-state index in [2.05, 4.69) is 175 Å². The monoisotopic (exact) mass is 680 g/mol. The molecule has 11 aromatic rings. The summed E-state index contributed by atoms with van der Waals surface area (Å²) in [6.07, 6.45) is 0. The Bertz CT molecular complexity index is 3060. The molecular formula is C52H40O. The third kappa shape index (κ3) is 4.31. The minimum Gasteiger partial charge on any atom is -0.456 e. The number of furan rings is 1. The number of benzene rings is 10. The summed E-state index contributed by atoms with van der Waals surface area (Å²) in [5.74, 6) is 0. The predicted octanol–water partition coefficient (Wildman–Crippen LogP) is 15.3. The zero-order valence-corrected chi connectivity index (χ0v) is 31.1. The van der Waals surface area contributed by atoms with Gasteiger partial charge >= 0.3 is 0 Å². The van der Waals surface area contributed by atoms with Crippen molar-refractivity contribution in [1.29, 1.82) is 0 Å². The molecule has 0 aliphatic carbocycles. The highest BCUT2D eigenvalue weighted by molar-refractivity contribution is 6.28. The molecule has 254 valence electrons. The van der Waals surface area contributed by atoms with Gasteiger partial charge in [-0.25, -0.2) is 0 Å². The van der Waals surface area contributed by atoms with Crippen LogP contribution < -0.4 is 0 Å². The summed E-state index contributed by atoms with van der Waals surface area (Å²) in [5.41, 5.74) is 9.65. The molecule has 0 saturated heterocycles. The van der Waals surface area contributed by atoms with Gasteiger partial charge in [0.2, 0.25) is 0 Å². The lowest BCUT2D eigenvalue weighted by molar-refractivity contribution is 0.596. The fraction of sp³-hybridized carbons (Fsp3) is 0.154. The molecule has 0 fully saturated rings. The lowest BCUT2D eigenvalue weighted by atomic mass is 9.80. The Hall–Kier alpha value is -5.92. The molecule has 0 atom stereocenters. The average Bonchev–Trinajstić information content (AvgIpc) is 3.52.